The maximum Gasteiger partial charge on any atom is 0.227 e. The van der Waals surface area contributed by atoms with Crippen LogP contribution < -0.4 is 4.74 Å². The molecule has 0 radical (unpaired) electrons. The molecule has 1 fully saturated rings. The summed E-state index contributed by atoms with van der Waals surface area (Å²) in [6, 6.07) is 16.6. The standard InChI is InChI=1S/C23H30N2O2/c1-18-6-8-20(9-7-18)16-25(21-5-4-14-24(2)17-21)23(26)15-19-10-12-22(27-3)13-11-19/h6-13,21H,4-5,14-17H2,1-3H3/t21-/m1/s1. The van der Waals surface area contributed by atoms with E-state index in [2.05, 4.69) is 48.0 Å². The zero-order valence-corrected chi connectivity index (χ0v) is 16.6. The molecule has 2 aromatic carbocycles. The first-order valence-electron chi connectivity index (χ1n) is 9.71. The van der Waals surface area contributed by atoms with Crippen molar-refractivity contribution in [1.29, 1.82) is 0 Å². The Morgan fingerprint density at radius 2 is 1.78 bits per heavy atom. The van der Waals surface area contributed by atoms with Crippen molar-refractivity contribution < 1.29 is 9.53 Å². The molecule has 0 saturated carbocycles. The van der Waals surface area contributed by atoms with Crippen LogP contribution in [0.25, 0.3) is 0 Å². The highest BCUT2D eigenvalue weighted by molar-refractivity contribution is 5.79. The molecule has 4 nitrogen and oxygen atoms in total. The van der Waals surface area contributed by atoms with E-state index in [4.69, 9.17) is 4.74 Å². The molecule has 0 aromatic heterocycles. The van der Waals surface area contributed by atoms with Crippen molar-refractivity contribution in [2.45, 2.75) is 38.8 Å². The van der Waals surface area contributed by atoms with E-state index in [1.807, 2.05) is 24.3 Å². The predicted octanol–water partition coefficient (Wildman–Crippen LogP) is 3.67. The van der Waals surface area contributed by atoms with Crippen LogP contribution in [0.2, 0.25) is 0 Å². The van der Waals surface area contributed by atoms with E-state index in [1.54, 1.807) is 7.11 Å². The van der Waals surface area contributed by atoms with Crippen LogP contribution in [0.4, 0.5) is 0 Å². The highest BCUT2D eigenvalue weighted by Gasteiger charge is 2.27. The van der Waals surface area contributed by atoms with Crippen LogP contribution in [-0.2, 0) is 17.8 Å². The van der Waals surface area contributed by atoms with Crippen LogP contribution in [-0.4, -0.2) is 49.0 Å². The highest BCUT2D eigenvalue weighted by atomic mass is 16.5. The van der Waals surface area contributed by atoms with Crippen molar-refractivity contribution in [3.8, 4) is 5.75 Å². The summed E-state index contributed by atoms with van der Waals surface area (Å²) >= 11 is 0. The number of carbonyl (C=O) groups excluding carboxylic acids is 1. The zero-order valence-electron chi connectivity index (χ0n) is 16.6. The van der Waals surface area contributed by atoms with Gasteiger partial charge in [-0.25, -0.2) is 0 Å². The Labute approximate surface area is 162 Å². The Hall–Kier alpha value is -2.33. The number of ether oxygens (including phenoxy) is 1. The predicted molar refractivity (Wildman–Crippen MR) is 109 cm³/mol. The third kappa shape index (κ3) is 5.33. The number of likely N-dealkylation sites (tertiary alicyclic amines) is 1. The molecule has 144 valence electrons. The van der Waals surface area contributed by atoms with E-state index in [0.717, 1.165) is 37.2 Å². The van der Waals surface area contributed by atoms with E-state index >= 15 is 0 Å². The molecular formula is C23H30N2O2. The summed E-state index contributed by atoms with van der Waals surface area (Å²) in [5, 5.41) is 0. The number of hydrogen-bond acceptors (Lipinski definition) is 3. The summed E-state index contributed by atoms with van der Waals surface area (Å²) in [5.41, 5.74) is 3.46. The van der Waals surface area contributed by atoms with Crippen LogP contribution in [0.3, 0.4) is 0 Å². The molecule has 27 heavy (non-hydrogen) atoms. The molecule has 1 aliphatic rings. The zero-order chi connectivity index (χ0) is 19.2. The average Bonchev–Trinajstić information content (AvgIpc) is 2.68. The van der Waals surface area contributed by atoms with Gasteiger partial charge in [0.05, 0.1) is 13.5 Å². The number of rotatable bonds is 6. The van der Waals surface area contributed by atoms with Crippen LogP contribution >= 0.6 is 0 Å². The average molecular weight is 367 g/mol. The Kier molecular flexibility index (Phi) is 6.51. The summed E-state index contributed by atoms with van der Waals surface area (Å²) in [6.07, 6.45) is 2.64. The Bertz CT molecular complexity index is 740. The summed E-state index contributed by atoms with van der Waals surface area (Å²) in [4.78, 5) is 17.6. The fourth-order valence-corrected chi connectivity index (χ4v) is 3.72. The Morgan fingerprint density at radius 3 is 2.41 bits per heavy atom. The van der Waals surface area contributed by atoms with Crippen molar-refractivity contribution in [3.63, 3.8) is 0 Å². The summed E-state index contributed by atoms with van der Waals surface area (Å²) in [5.74, 6) is 1.01. The smallest absolute Gasteiger partial charge is 0.227 e. The second-order valence-corrected chi connectivity index (χ2v) is 7.59. The van der Waals surface area contributed by atoms with Gasteiger partial charge in [0.2, 0.25) is 5.91 Å². The van der Waals surface area contributed by atoms with Gasteiger partial charge in [-0.15, -0.1) is 0 Å². The Balaban J connectivity index is 1.76. The lowest BCUT2D eigenvalue weighted by Gasteiger charge is -2.38. The van der Waals surface area contributed by atoms with Crippen molar-refractivity contribution in [1.82, 2.24) is 9.80 Å². The minimum Gasteiger partial charge on any atom is -0.497 e. The first kappa shape index (κ1) is 19.4. The number of likely N-dealkylation sites (N-methyl/N-ethyl adjacent to an activating group) is 1. The van der Waals surface area contributed by atoms with Crippen LogP contribution in [0.15, 0.2) is 48.5 Å². The van der Waals surface area contributed by atoms with Gasteiger partial charge in [0, 0.05) is 19.1 Å². The minimum absolute atomic E-state index is 0.195. The van der Waals surface area contributed by atoms with Gasteiger partial charge < -0.3 is 14.5 Å². The molecule has 1 heterocycles. The van der Waals surface area contributed by atoms with Gasteiger partial charge in [-0.3, -0.25) is 4.79 Å². The number of carbonyl (C=O) groups is 1. The van der Waals surface area contributed by atoms with Crippen molar-refractivity contribution in [2.75, 3.05) is 27.2 Å². The van der Waals surface area contributed by atoms with Gasteiger partial charge in [-0.2, -0.15) is 0 Å². The van der Waals surface area contributed by atoms with E-state index in [-0.39, 0.29) is 11.9 Å². The van der Waals surface area contributed by atoms with Crippen molar-refractivity contribution >= 4 is 5.91 Å². The normalized spacial score (nSPS) is 17.5. The molecule has 1 atom stereocenters. The molecule has 0 bridgehead atoms. The van der Waals surface area contributed by atoms with E-state index in [1.165, 1.54) is 11.1 Å². The van der Waals surface area contributed by atoms with E-state index in [0.29, 0.717) is 13.0 Å². The van der Waals surface area contributed by atoms with Gasteiger partial charge in [0.1, 0.15) is 5.75 Å². The number of aryl methyl sites for hydroxylation is 1. The minimum atomic E-state index is 0.195. The molecular weight excluding hydrogens is 336 g/mol. The summed E-state index contributed by atoms with van der Waals surface area (Å²) in [7, 11) is 3.80. The number of hydrogen-bond donors (Lipinski definition) is 0. The second-order valence-electron chi connectivity index (χ2n) is 7.59. The number of piperidine rings is 1. The lowest BCUT2D eigenvalue weighted by atomic mass is 10.0. The van der Waals surface area contributed by atoms with Crippen molar-refractivity contribution in [2.24, 2.45) is 0 Å². The van der Waals surface area contributed by atoms with Gasteiger partial charge in [0.25, 0.3) is 0 Å². The maximum atomic E-state index is 13.2. The quantitative estimate of drug-likeness (QED) is 0.782. The number of amides is 1. The highest BCUT2D eigenvalue weighted by Crippen LogP contribution is 2.20. The fourth-order valence-electron chi connectivity index (χ4n) is 3.72. The molecule has 3 rings (SSSR count). The second kappa shape index (κ2) is 9.05. The molecule has 0 unspecified atom stereocenters. The maximum absolute atomic E-state index is 13.2. The van der Waals surface area contributed by atoms with Crippen LogP contribution in [0.5, 0.6) is 5.75 Å². The van der Waals surface area contributed by atoms with Gasteiger partial charge in [-0.05, 0) is 56.6 Å². The molecule has 0 N–H and O–H groups in total. The van der Waals surface area contributed by atoms with Crippen LogP contribution in [0, 0.1) is 6.92 Å². The Morgan fingerprint density at radius 1 is 1.11 bits per heavy atom. The van der Waals surface area contributed by atoms with Gasteiger partial charge >= 0.3 is 0 Å². The van der Waals surface area contributed by atoms with Gasteiger partial charge in [-0.1, -0.05) is 42.0 Å². The largest absolute Gasteiger partial charge is 0.497 e. The summed E-state index contributed by atoms with van der Waals surface area (Å²) < 4.78 is 5.22. The first-order valence-corrected chi connectivity index (χ1v) is 9.71. The lowest BCUT2D eigenvalue weighted by Crippen LogP contribution is -2.49. The number of methoxy groups -OCH3 is 1. The monoisotopic (exact) mass is 366 g/mol. The third-order valence-corrected chi connectivity index (χ3v) is 5.35. The van der Waals surface area contributed by atoms with Gasteiger partial charge in [0.15, 0.2) is 0 Å². The SMILES string of the molecule is COc1ccc(CC(=O)N(Cc2ccc(C)cc2)[C@@H]2CCCN(C)C2)cc1. The molecule has 1 amide bonds. The van der Waals surface area contributed by atoms with Crippen molar-refractivity contribution in [3.05, 3.63) is 65.2 Å². The number of benzene rings is 2. The van der Waals surface area contributed by atoms with Crippen LogP contribution in [0.1, 0.15) is 29.5 Å². The van der Waals surface area contributed by atoms with E-state index in [9.17, 15) is 4.79 Å². The topological polar surface area (TPSA) is 32.8 Å². The third-order valence-electron chi connectivity index (χ3n) is 5.35. The molecule has 4 heteroatoms. The number of nitrogens with zero attached hydrogens (tertiary/aromatic N) is 2. The molecule has 1 aliphatic heterocycles. The fraction of sp³-hybridized carbons (Fsp3) is 0.435. The van der Waals surface area contributed by atoms with E-state index < -0.39 is 0 Å². The molecule has 0 spiro atoms. The summed E-state index contributed by atoms with van der Waals surface area (Å²) in [6.45, 7) is 4.82. The lowest BCUT2D eigenvalue weighted by molar-refractivity contribution is -0.134. The first-order chi connectivity index (χ1) is 13.0. The molecule has 2 aromatic rings. The molecule has 0 aliphatic carbocycles. The molecule has 1 saturated heterocycles.